The van der Waals surface area contributed by atoms with Crippen LogP contribution in [-0.2, 0) is 11.8 Å². The molecule has 1 aromatic heterocycles. The van der Waals surface area contributed by atoms with Gasteiger partial charge in [0, 0.05) is 16.7 Å². The third kappa shape index (κ3) is 5.09. The average Bonchev–Trinajstić information content (AvgIpc) is 3.56. The molecule has 3 heteroatoms. The Morgan fingerprint density at radius 2 is 0.679 bits per heavy atom. The Morgan fingerprint density at radius 1 is 0.286 bits per heavy atom. The van der Waals surface area contributed by atoms with E-state index in [1.54, 1.807) is 0 Å². The van der Waals surface area contributed by atoms with Crippen LogP contribution in [0.1, 0.15) is 33.4 Å². The molecule has 0 amide bonds. The van der Waals surface area contributed by atoms with E-state index in [0.29, 0.717) is 17.5 Å². The van der Waals surface area contributed by atoms with Gasteiger partial charge >= 0.3 is 0 Å². The fraction of sp³-hybridized carbons (Fsp3) is 0.0377. The lowest BCUT2D eigenvalue weighted by atomic mass is 9.61. The smallest absolute Gasteiger partial charge is 0.164 e. The Hall–Kier alpha value is -7.23. The number of fused-ring (bicyclic) bond motifs is 9. The predicted molar refractivity (Wildman–Crippen MR) is 227 cm³/mol. The maximum atomic E-state index is 5.05. The summed E-state index contributed by atoms with van der Waals surface area (Å²) in [5.74, 6) is 1.95. The Kier molecular flexibility index (Phi) is 7.46. The van der Waals surface area contributed by atoms with Gasteiger partial charge in [0.15, 0.2) is 17.5 Å². The SMILES string of the molecule is c1ccc(-c2ccc3c(c2)C2(c4ccccc4Cc4ccccc42)c2cc(-c4cccc(-c5nc(-c6ccccc6)nc(-c6ccccc6)n5)c4)ccc2-3)cc1. The summed E-state index contributed by atoms with van der Waals surface area (Å²) in [4.78, 5) is 15.0. The molecule has 0 saturated heterocycles. The summed E-state index contributed by atoms with van der Waals surface area (Å²) in [7, 11) is 0. The van der Waals surface area contributed by atoms with E-state index in [1.165, 1.54) is 55.6 Å². The number of hydrogen-bond acceptors (Lipinski definition) is 3. The van der Waals surface area contributed by atoms with E-state index in [0.717, 1.165) is 34.2 Å². The number of nitrogens with zero attached hydrogens (tertiary/aromatic N) is 3. The second-order valence-electron chi connectivity index (χ2n) is 14.7. The van der Waals surface area contributed by atoms with Gasteiger partial charge in [0.05, 0.1) is 5.41 Å². The summed E-state index contributed by atoms with van der Waals surface area (Å²) < 4.78 is 0. The largest absolute Gasteiger partial charge is 0.208 e. The highest BCUT2D eigenvalue weighted by atomic mass is 15.0. The molecule has 0 atom stereocenters. The number of aromatic nitrogens is 3. The Bertz CT molecular complexity index is 2830. The molecule has 0 fully saturated rings. The van der Waals surface area contributed by atoms with Crippen LogP contribution in [0.15, 0.2) is 200 Å². The average molecular weight is 714 g/mol. The van der Waals surface area contributed by atoms with E-state index in [2.05, 4.69) is 140 Å². The van der Waals surface area contributed by atoms with Crippen molar-refractivity contribution in [3.05, 3.63) is 234 Å². The van der Waals surface area contributed by atoms with Crippen molar-refractivity contribution in [3.63, 3.8) is 0 Å². The molecule has 1 heterocycles. The molecule has 56 heavy (non-hydrogen) atoms. The summed E-state index contributed by atoms with van der Waals surface area (Å²) >= 11 is 0. The van der Waals surface area contributed by atoms with E-state index in [1.807, 2.05) is 60.7 Å². The van der Waals surface area contributed by atoms with Crippen molar-refractivity contribution in [2.24, 2.45) is 0 Å². The van der Waals surface area contributed by atoms with E-state index < -0.39 is 5.41 Å². The summed E-state index contributed by atoms with van der Waals surface area (Å²) in [5, 5.41) is 0. The Morgan fingerprint density at radius 3 is 1.21 bits per heavy atom. The third-order valence-electron chi connectivity index (χ3n) is 11.6. The van der Waals surface area contributed by atoms with Crippen LogP contribution in [0.2, 0.25) is 0 Å². The normalized spacial score (nSPS) is 13.1. The van der Waals surface area contributed by atoms with Gasteiger partial charge < -0.3 is 0 Å². The van der Waals surface area contributed by atoms with Crippen LogP contribution in [0.5, 0.6) is 0 Å². The fourth-order valence-corrected chi connectivity index (χ4v) is 9.10. The zero-order valence-corrected chi connectivity index (χ0v) is 30.6. The van der Waals surface area contributed by atoms with Gasteiger partial charge in [-0.3, -0.25) is 0 Å². The lowest BCUT2D eigenvalue weighted by molar-refractivity contribution is 0.722. The first-order valence-corrected chi connectivity index (χ1v) is 19.2. The first-order chi connectivity index (χ1) is 27.7. The first-order valence-electron chi connectivity index (χ1n) is 19.2. The van der Waals surface area contributed by atoms with Crippen molar-refractivity contribution in [1.82, 2.24) is 15.0 Å². The summed E-state index contributed by atoms with van der Waals surface area (Å²) in [6.07, 6.45) is 0.917. The van der Waals surface area contributed by atoms with Crippen molar-refractivity contribution in [1.29, 1.82) is 0 Å². The molecule has 0 aliphatic heterocycles. The van der Waals surface area contributed by atoms with Crippen LogP contribution in [-0.4, -0.2) is 15.0 Å². The standard InChI is InChI=1S/C53H35N3/c1-4-15-35(16-5-1)39-27-29-44-45-30-28-40(34-49(45)53(48(44)33-39)46-25-12-10-21-41(46)32-42-22-11-13-26-47(42)53)38-23-14-24-43(31-38)52-55-50(36-17-6-2-7-18-36)54-51(56-52)37-19-8-3-9-20-37/h1-31,33-34H,32H2. The molecular formula is C53H35N3. The topological polar surface area (TPSA) is 38.7 Å². The monoisotopic (exact) mass is 713 g/mol. The van der Waals surface area contributed by atoms with Gasteiger partial charge in [-0.1, -0.05) is 182 Å². The predicted octanol–water partition coefficient (Wildman–Crippen LogP) is 12.5. The second-order valence-corrected chi connectivity index (χ2v) is 14.7. The molecule has 1 spiro atoms. The molecule has 3 nitrogen and oxygen atoms in total. The first kappa shape index (κ1) is 32.2. The van der Waals surface area contributed by atoms with Gasteiger partial charge in [-0.2, -0.15) is 0 Å². The molecule has 0 N–H and O–H groups in total. The van der Waals surface area contributed by atoms with Crippen LogP contribution in [0, 0.1) is 0 Å². The maximum Gasteiger partial charge on any atom is 0.164 e. The third-order valence-corrected chi connectivity index (χ3v) is 11.6. The highest BCUT2D eigenvalue weighted by Gasteiger charge is 2.50. The van der Waals surface area contributed by atoms with Crippen molar-refractivity contribution >= 4 is 0 Å². The molecule has 0 bridgehead atoms. The van der Waals surface area contributed by atoms with Crippen molar-refractivity contribution < 1.29 is 0 Å². The van der Waals surface area contributed by atoms with E-state index >= 15 is 0 Å². The summed E-state index contributed by atoms with van der Waals surface area (Å²) in [5.41, 5.74) is 17.8. The molecule has 0 unspecified atom stereocenters. The zero-order chi connectivity index (χ0) is 37.1. The molecule has 262 valence electrons. The lowest BCUT2D eigenvalue weighted by Gasteiger charge is -2.40. The molecule has 2 aliphatic carbocycles. The summed E-state index contributed by atoms with van der Waals surface area (Å²) in [6, 6.07) is 72.0. The second kappa shape index (κ2) is 13.0. The van der Waals surface area contributed by atoms with Crippen LogP contribution < -0.4 is 0 Å². The van der Waals surface area contributed by atoms with Crippen LogP contribution >= 0.6 is 0 Å². The Balaban J connectivity index is 1.11. The number of rotatable bonds is 5. The van der Waals surface area contributed by atoms with E-state index in [-0.39, 0.29) is 0 Å². The minimum Gasteiger partial charge on any atom is -0.208 e. The molecular weight excluding hydrogens is 679 g/mol. The zero-order valence-electron chi connectivity index (χ0n) is 30.6. The highest BCUT2D eigenvalue weighted by molar-refractivity contribution is 5.91. The molecule has 0 radical (unpaired) electrons. The van der Waals surface area contributed by atoms with E-state index in [4.69, 9.17) is 15.0 Å². The number of benzene rings is 8. The quantitative estimate of drug-likeness (QED) is 0.178. The number of hydrogen-bond donors (Lipinski definition) is 0. The van der Waals surface area contributed by atoms with Crippen LogP contribution in [0.25, 0.3) is 67.5 Å². The molecule has 2 aliphatic rings. The van der Waals surface area contributed by atoms with Gasteiger partial charge in [-0.05, 0) is 91.4 Å². The minimum absolute atomic E-state index is 0.474. The van der Waals surface area contributed by atoms with Gasteiger partial charge in [0.25, 0.3) is 0 Å². The minimum atomic E-state index is -0.474. The van der Waals surface area contributed by atoms with E-state index in [9.17, 15) is 0 Å². The van der Waals surface area contributed by atoms with Gasteiger partial charge in [-0.25, -0.2) is 15.0 Å². The maximum absolute atomic E-state index is 5.05. The molecule has 0 saturated carbocycles. The van der Waals surface area contributed by atoms with Gasteiger partial charge in [0.2, 0.25) is 0 Å². The van der Waals surface area contributed by atoms with Crippen LogP contribution in [0.4, 0.5) is 0 Å². The molecule has 8 aromatic carbocycles. The lowest BCUT2D eigenvalue weighted by Crippen LogP contribution is -2.34. The van der Waals surface area contributed by atoms with Crippen molar-refractivity contribution in [2.75, 3.05) is 0 Å². The Labute approximate surface area is 326 Å². The van der Waals surface area contributed by atoms with Crippen molar-refractivity contribution in [3.8, 4) is 67.5 Å². The van der Waals surface area contributed by atoms with Crippen LogP contribution in [0.3, 0.4) is 0 Å². The molecule has 11 rings (SSSR count). The highest BCUT2D eigenvalue weighted by Crippen LogP contribution is 2.60. The van der Waals surface area contributed by atoms with Crippen molar-refractivity contribution in [2.45, 2.75) is 11.8 Å². The fourth-order valence-electron chi connectivity index (χ4n) is 9.10. The summed E-state index contributed by atoms with van der Waals surface area (Å²) in [6.45, 7) is 0. The molecule has 9 aromatic rings. The van der Waals surface area contributed by atoms with Gasteiger partial charge in [-0.15, -0.1) is 0 Å². The van der Waals surface area contributed by atoms with Gasteiger partial charge in [0.1, 0.15) is 0 Å².